The average Bonchev–Trinajstić information content (AvgIpc) is 2.47. The van der Waals surface area contributed by atoms with E-state index < -0.39 is 29.9 Å². The number of carboxylic acids is 2. The monoisotopic (exact) mass is 369 g/mol. The van der Waals surface area contributed by atoms with E-state index in [0.29, 0.717) is 0 Å². The van der Waals surface area contributed by atoms with Crippen molar-refractivity contribution in [3.8, 4) is 0 Å². The topological polar surface area (TPSA) is 153 Å². The Balaban J connectivity index is 3.48. The molecule has 0 aliphatic carbocycles. The normalized spacial score (nSPS) is 11.5. The third-order valence-electron chi connectivity index (χ3n) is 2.37. The molecule has 0 spiro atoms. The van der Waals surface area contributed by atoms with Gasteiger partial charge in [0.15, 0.2) is 0 Å². The highest BCUT2D eigenvalue weighted by atomic mass is 33.1. The maximum atomic E-state index is 11.3. The minimum atomic E-state index is -1.17. The van der Waals surface area contributed by atoms with Gasteiger partial charge in [0.25, 0.3) is 0 Å². The Kier molecular flexibility index (Phi) is 12.2. The molecule has 0 bridgehead atoms. The van der Waals surface area contributed by atoms with Crippen LogP contribution in [0.25, 0.3) is 0 Å². The van der Waals surface area contributed by atoms with Crippen LogP contribution in [0.15, 0.2) is 0 Å². The predicted molar refractivity (Wildman–Crippen MR) is 83.4 cm³/mol. The van der Waals surface area contributed by atoms with Gasteiger partial charge in [-0.25, -0.2) is 0 Å². The molecule has 0 heterocycles. The Labute approximate surface area is 140 Å². The molecular weight excluding hydrogens is 350 g/mol. The van der Waals surface area contributed by atoms with Gasteiger partial charge in [-0.3, -0.25) is 19.2 Å². The fraction of sp³-hybridized carbons (Fsp3) is 0.667. The number of esters is 2. The number of carboxylic acid groups (broad SMARTS) is 2. The first-order valence-electron chi connectivity index (χ1n) is 6.58. The van der Waals surface area contributed by atoms with Crippen LogP contribution in [0.5, 0.6) is 0 Å². The number of rotatable bonds is 13. The van der Waals surface area contributed by atoms with Gasteiger partial charge in [-0.15, -0.1) is 0 Å². The van der Waals surface area contributed by atoms with Crippen molar-refractivity contribution in [2.75, 3.05) is 11.9 Å². The minimum absolute atomic E-state index is 0.0000675. The minimum Gasteiger partial charge on any atom is -0.481 e. The molecule has 0 aromatic carbocycles. The number of nitrogens with two attached hydrogens (primary N) is 1. The zero-order valence-electron chi connectivity index (χ0n) is 12.3. The molecule has 1 atom stereocenters. The molecule has 0 saturated heterocycles. The highest BCUT2D eigenvalue weighted by Gasteiger charge is 2.14. The van der Waals surface area contributed by atoms with Gasteiger partial charge in [0.05, 0.1) is 0 Å². The molecule has 0 amide bonds. The molecule has 0 rings (SSSR count). The van der Waals surface area contributed by atoms with Crippen molar-refractivity contribution < 1.29 is 38.9 Å². The molecule has 0 aliphatic heterocycles. The van der Waals surface area contributed by atoms with Crippen LogP contribution < -0.4 is 5.73 Å². The van der Waals surface area contributed by atoms with E-state index >= 15 is 0 Å². The van der Waals surface area contributed by atoms with E-state index in [1.54, 1.807) is 0 Å². The smallest absolute Gasteiger partial charge is 0.320 e. The van der Waals surface area contributed by atoms with Crippen molar-refractivity contribution in [2.45, 2.75) is 38.1 Å². The van der Waals surface area contributed by atoms with Crippen LogP contribution in [0.4, 0.5) is 0 Å². The summed E-state index contributed by atoms with van der Waals surface area (Å²) in [4.78, 5) is 43.1. The Bertz CT molecular complexity index is 418. The summed E-state index contributed by atoms with van der Waals surface area (Å²) in [6, 6.07) is -1.09. The number of carbonyl (C=O) groups is 4. The van der Waals surface area contributed by atoms with Gasteiger partial charge in [-0.05, 0) is 34.4 Å². The lowest BCUT2D eigenvalue weighted by molar-refractivity contribution is -0.144. The standard InChI is InChI=1S/C12H19NO8S2/c13-8(12(18)19)4-5-11(17)21-7-23-22-6-20-10(16)3-1-2-9(14)15/h8H,1-7,13H2,(H,14,15)(H,18,19)/t8-/m0/s1. The van der Waals surface area contributed by atoms with Crippen LogP contribution >= 0.6 is 21.6 Å². The van der Waals surface area contributed by atoms with E-state index in [0.717, 1.165) is 21.6 Å². The van der Waals surface area contributed by atoms with Crippen molar-refractivity contribution in [1.82, 2.24) is 0 Å². The van der Waals surface area contributed by atoms with Crippen molar-refractivity contribution in [3.05, 3.63) is 0 Å². The van der Waals surface area contributed by atoms with Gasteiger partial charge < -0.3 is 25.4 Å². The molecule has 11 heteroatoms. The van der Waals surface area contributed by atoms with Crippen LogP contribution in [-0.2, 0) is 28.7 Å². The number of ether oxygens (including phenoxy) is 2. The Hall–Kier alpha value is -1.46. The molecule has 0 radical (unpaired) electrons. The van der Waals surface area contributed by atoms with Crippen LogP contribution in [-0.4, -0.2) is 52.0 Å². The SMILES string of the molecule is N[C@@H](CCC(=O)OCSSCOC(=O)CCCC(=O)O)C(=O)O. The molecule has 0 aromatic rings. The lowest BCUT2D eigenvalue weighted by Crippen LogP contribution is -2.30. The maximum Gasteiger partial charge on any atom is 0.320 e. The number of hydrogen-bond donors (Lipinski definition) is 3. The van der Waals surface area contributed by atoms with Crippen molar-refractivity contribution in [3.63, 3.8) is 0 Å². The molecule has 132 valence electrons. The summed E-state index contributed by atoms with van der Waals surface area (Å²) in [6.07, 6.45) is 0.0914. The van der Waals surface area contributed by atoms with Crippen LogP contribution in [0.1, 0.15) is 32.1 Å². The molecule has 0 saturated carbocycles. The van der Waals surface area contributed by atoms with Crippen molar-refractivity contribution in [1.29, 1.82) is 0 Å². The van der Waals surface area contributed by atoms with E-state index in [-0.39, 0.29) is 44.0 Å². The van der Waals surface area contributed by atoms with Gasteiger partial charge >= 0.3 is 23.9 Å². The number of aliphatic carboxylic acids is 2. The summed E-state index contributed by atoms with van der Waals surface area (Å²) in [5, 5.41) is 16.9. The van der Waals surface area contributed by atoms with E-state index in [9.17, 15) is 19.2 Å². The second-order valence-electron chi connectivity index (χ2n) is 4.23. The molecule has 0 aromatic heterocycles. The number of carbonyl (C=O) groups excluding carboxylic acids is 2. The summed E-state index contributed by atoms with van der Waals surface area (Å²) in [5.41, 5.74) is 5.24. The lowest BCUT2D eigenvalue weighted by Gasteiger charge is -2.07. The molecular formula is C12H19NO8S2. The Morgan fingerprint density at radius 1 is 0.913 bits per heavy atom. The summed E-state index contributed by atoms with van der Waals surface area (Å²) < 4.78 is 9.64. The average molecular weight is 369 g/mol. The molecule has 0 aliphatic rings. The molecule has 4 N–H and O–H groups in total. The number of hydrogen-bond acceptors (Lipinski definition) is 9. The largest absolute Gasteiger partial charge is 0.481 e. The molecule has 23 heavy (non-hydrogen) atoms. The lowest BCUT2D eigenvalue weighted by atomic mass is 10.2. The van der Waals surface area contributed by atoms with Gasteiger partial charge in [-0.1, -0.05) is 0 Å². The first-order chi connectivity index (χ1) is 10.8. The van der Waals surface area contributed by atoms with E-state index in [1.165, 1.54) is 0 Å². The van der Waals surface area contributed by atoms with Crippen molar-refractivity contribution in [2.24, 2.45) is 5.73 Å². The maximum absolute atomic E-state index is 11.3. The third kappa shape index (κ3) is 13.9. The van der Waals surface area contributed by atoms with Crippen LogP contribution in [0.3, 0.4) is 0 Å². The molecule has 0 fully saturated rings. The first-order valence-corrected chi connectivity index (χ1v) is 9.07. The van der Waals surface area contributed by atoms with Crippen LogP contribution in [0.2, 0.25) is 0 Å². The Morgan fingerprint density at radius 3 is 1.91 bits per heavy atom. The quantitative estimate of drug-likeness (QED) is 0.183. The fourth-order valence-corrected chi connectivity index (χ4v) is 2.36. The second-order valence-corrected chi connectivity index (χ2v) is 6.59. The molecule has 0 unspecified atom stereocenters. The second kappa shape index (κ2) is 13.0. The van der Waals surface area contributed by atoms with Gasteiger partial charge in [0.1, 0.15) is 17.9 Å². The van der Waals surface area contributed by atoms with Gasteiger partial charge in [0.2, 0.25) is 0 Å². The zero-order chi connectivity index (χ0) is 17.7. The fourth-order valence-electron chi connectivity index (χ4n) is 1.17. The Morgan fingerprint density at radius 2 is 1.43 bits per heavy atom. The van der Waals surface area contributed by atoms with E-state index in [1.807, 2.05) is 0 Å². The summed E-state index contributed by atoms with van der Waals surface area (Å²) in [7, 11) is 2.30. The summed E-state index contributed by atoms with van der Waals surface area (Å²) in [6.45, 7) is 0. The predicted octanol–water partition coefficient (Wildman–Crippen LogP) is 0.816. The summed E-state index contributed by atoms with van der Waals surface area (Å²) in [5.74, 6) is -3.10. The van der Waals surface area contributed by atoms with Crippen molar-refractivity contribution >= 4 is 45.5 Å². The third-order valence-corrected chi connectivity index (χ3v) is 4.04. The first kappa shape index (κ1) is 21.5. The highest BCUT2D eigenvalue weighted by molar-refractivity contribution is 8.76. The van der Waals surface area contributed by atoms with Crippen LogP contribution in [0, 0.1) is 0 Å². The van der Waals surface area contributed by atoms with Gasteiger partial charge in [0, 0.05) is 19.3 Å². The summed E-state index contributed by atoms with van der Waals surface area (Å²) >= 11 is 0. The van der Waals surface area contributed by atoms with E-state index in [2.05, 4.69) is 0 Å². The van der Waals surface area contributed by atoms with Gasteiger partial charge in [-0.2, -0.15) is 0 Å². The van der Waals surface area contributed by atoms with E-state index in [4.69, 9.17) is 25.4 Å². The zero-order valence-corrected chi connectivity index (χ0v) is 13.9. The molecule has 9 nitrogen and oxygen atoms in total. The highest BCUT2D eigenvalue weighted by Crippen LogP contribution is 2.21.